The van der Waals surface area contributed by atoms with Gasteiger partial charge in [0.05, 0.1) is 6.61 Å². The van der Waals surface area contributed by atoms with Crippen LogP contribution in [0.15, 0.2) is 6.20 Å². The molecule has 1 rings (SSSR count). The summed E-state index contributed by atoms with van der Waals surface area (Å²) in [6.45, 7) is 5.02. The summed E-state index contributed by atoms with van der Waals surface area (Å²) in [5.74, 6) is 0. The summed E-state index contributed by atoms with van der Waals surface area (Å²) in [4.78, 5) is 7.50. The zero-order chi connectivity index (χ0) is 12.2. The van der Waals surface area contributed by atoms with E-state index in [0.29, 0.717) is 0 Å². The van der Waals surface area contributed by atoms with Gasteiger partial charge in [-0.3, -0.25) is 0 Å². The lowest BCUT2D eigenvalue weighted by Gasteiger charge is -2.26. The molecule has 0 saturated heterocycles. The Kier molecular flexibility index (Phi) is 4.70. The van der Waals surface area contributed by atoms with Crippen molar-refractivity contribution < 1.29 is 5.11 Å². The van der Waals surface area contributed by atoms with Crippen LogP contribution in [0.2, 0.25) is 0 Å². The molecule has 0 aliphatic heterocycles. The van der Waals surface area contributed by atoms with Crippen LogP contribution in [-0.4, -0.2) is 36.3 Å². The van der Waals surface area contributed by atoms with Crippen LogP contribution in [-0.2, 0) is 6.54 Å². The molecule has 1 aromatic rings. The van der Waals surface area contributed by atoms with Crippen LogP contribution in [0.3, 0.4) is 0 Å². The number of nitrogens with one attached hydrogen (secondary N) is 1. The van der Waals surface area contributed by atoms with Gasteiger partial charge in [0.25, 0.3) is 0 Å². The Balaban J connectivity index is 2.54. The number of nitrogens with zero attached hydrogens (tertiary/aromatic N) is 2. The van der Waals surface area contributed by atoms with E-state index >= 15 is 0 Å². The lowest BCUT2D eigenvalue weighted by molar-refractivity contribution is 0.169. The van der Waals surface area contributed by atoms with Crippen molar-refractivity contribution in [3.8, 4) is 0 Å². The Hall–Kier alpha value is -0.650. The molecule has 0 radical (unpaired) electrons. The maximum absolute atomic E-state index is 9.27. The molecule has 0 bridgehead atoms. The van der Waals surface area contributed by atoms with Gasteiger partial charge in [0.2, 0.25) is 0 Å². The second kappa shape index (κ2) is 5.61. The monoisotopic (exact) mass is 243 g/mol. The molecule has 1 heterocycles. The number of hydrogen-bond donors (Lipinski definition) is 2. The second-order valence-corrected chi connectivity index (χ2v) is 5.52. The first kappa shape index (κ1) is 13.4. The highest BCUT2D eigenvalue weighted by Gasteiger charge is 2.20. The zero-order valence-electron chi connectivity index (χ0n) is 10.4. The van der Waals surface area contributed by atoms with Crippen LogP contribution in [0.25, 0.3) is 0 Å². The first-order valence-electron chi connectivity index (χ1n) is 5.48. The normalized spacial score (nSPS) is 14.8. The van der Waals surface area contributed by atoms with Gasteiger partial charge in [-0.05, 0) is 13.3 Å². The van der Waals surface area contributed by atoms with Gasteiger partial charge < -0.3 is 15.3 Å². The Morgan fingerprint density at radius 2 is 2.25 bits per heavy atom. The van der Waals surface area contributed by atoms with E-state index in [1.54, 1.807) is 11.3 Å². The molecule has 0 fully saturated rings. The third-order valence-electron chi connectivity index (χ3n) is 2.74. The summed E-state index contributed by atoms with van der Waals surface area (Å²) in [6.07, 6.45) is 2.79. The third kappa shape index (κ3) is 3.43. The largest absolute Gasteiger partial charge is 0.394 e. The Morgan fingerprint density at radius 3 is 2.69 bits per heavy atom. The highest BCUT2D eigenvalue weighted by Crippen LogP contribution is 2.21. The minimum Gasteiger partial charge on any atom is -0.394 e. The van der Waals surface area contributed by atoms with Crippen molar-refractivity contribution in [3.05, 3.63) is 11.1 Å². The number of rotatable bonds is 6. The molecule has 0 amide bonds. The first-order valence-corrected chi connectivity index (χ1v) is 6.30. The summed E-state index contributed by atoms with van der Waals surface area (Å²) < 4.78 is 0. The van der Waals surface area contributed by atoms with E-state index < -0.39 is 0 Å². The van der Waals surface area contributed by atoms with Gasteiger partial charge >= 0.3 is 0 Å². The lowest BCUT2D eigenvalue weighted by Crippen LogP contribution is -2.44. The van der Waals surface area contributed by atoms with Gasteiger partial charge in [0.15, 0.2) is 5.13 Å². The van der Waals surface area contributed by atoms with E-state index in [0.717, 1.165) is 18.1 Å². The Bertz CT molecular complexity index is 321. The van der Waals surface area contributed by atoms with E-state index in [4.69, 9.17) is 0 Å². The van der Waals surface area contributed by atoms with Gasteiger partial charge in [0, 0.05) is 37.3 Å². The number of thiazole rings is 1. The standard InChI is InChI=1S/C11H21N3OS/c1-5-11(2,8-15)13-7-9-6-12-10(16-9)14(3)4/h6,13,15H,5,7-8H2,1-4H3. The van der Waals surface area contributed by atoms with E-state index in [9.17, 15) is 5.11 Å². The molecule has 0 spiro atoms. The molecule has 4 nitrogen and oxygen atoms in total. The number of aromatic nitrogens is 1. The molecule has 16 heavy (non-hydrogen) atoms. The van der Waals surface area contributed by atoms with Crippen molar-refractivity contribution in [2.75, 3.05) is 25.6 Å². The summed E-state index contributed by atoms with van der Waals surface area (Å²) in [5, 5.41) is 13.7. The summed E-state index contributed by atoms with van der Waals surface area (Å²) in [5.41, 5.74) is -0.192. The maximum Gasteiger partial charge on any atom is 0.185 e. The minimum atomic E-state index is -0.192. The summed E-state index contributed by atoms with van der Waals surface area (Å²) in [6, 6.07) is 0. The van der Waals surface area contributed by atoms with Crippen LogP contribution < -0.4 is 10.2 Å². The molecule has 5 heteroatoms. The molecule has 92 valence electrons. The molecule has 1 aromatic heterocycles. The van der Waals surface area contributed by atoms with Crippen molar-refractivity contribution >= 4 is 16.5 Å². The highest BCUT2D eigenvalue weighted by atomic mass is 32.1. The average Bonchev–Trinajstić information content (AvgIpc) is 2.75. The van der Waals surface area contributed by atoms with Crippen molar-refractivity contribution in [3.63, 3.8) is 0 Å². The number of aliphatic hydroxyl groups excluding tert-OH is 1. The Labute approximate surface area is 101 Å². The van der Waals surface area contributed by atoms with E-state index in [1.807, 2.05) is 32.1 Å². The fraction of sp³-hybridized carbons (Fsp3) is 0.727. The van der Waals surface area contributed by atoms with Crippen molar-refractivity contribution in [2.45, 2.75) is 32.4 Å². The maximum atomic E-state index is 9.27. The van der Waals surface area contributed by atoms with Crippen LogP contribution in [0.1, 0.15) is 25.1 Å². The van der Waals surface area contributed by atoms with E-state index in [-0.39, 0.29) is 12.1 Å². The number of anilines is 1. The molecule has 0 saturated carbocycles. The fourth-order valence-electron chi connectivity index (χ4n) is 1.18. The van der Waals surface area contributed by atoms with Crippen LogP contribution in [0.4, 0.5) is 5.13 Å². The first-order chi connectivity index (χ1) is 7.50. The van der Waals surface area contributed by atoms with Crippen molar-refractivity contribution in [1.82, 2.24) is 10.3 Å². The van der Waals surface area contributed by atoms with Gasteiger partial charge in [-0.1, -0.05) is 6.92 Å². The quantitative estimate of drug-likeness (QED) is 0.794. The highest BCUT2D eigenvalue weighted by molar-refractivity contribution is 7.15. The molecule has 0 aliphatic carbocycles. The fourth-order valence-corrected chi connectivity index (χ4v) is 1.95. The molecule has 1 unspecified atom stereocenters. The van der Waals surface area contributed by atoms with Gasteiger partial charge in [-0.25, -0.2) is 4.98 Å². The Morgan fingerprint density at radius 1 is 1.56 bits per heavy atom. The molecule has 2 N–H and O–H groups in total. The van der Waals surface area contributed by atoms with Gasteiger partial charge in [-0.15, -0.1) is 11.3 Å². The lowest BCUT2D eigenvalue weighted by atomic mass is 10.0. The number of aliphatic hydroxyl groups is 1. The van der Waals surface area contributed by atoms with E-state index in [1.165, 1.54) is 4.88 Å². The molecule has 1 atom stereocenters. The van der Waals surface area contributed by atoms with Gasteiger partial charge in [-0.2, -0.15) is 0 Å². The predicted molar refractivity (Wildman–Crippen MR) is 69.1 cm³/mol. The topological polar surface area (TPSA) is 48.4 Å². The second-order valence-electron chi connectivity index (χ2n) is 4.43. The summed E-state index contributed by atoms with van der Waals surface area (Å²) in [7, 11) is 3.97. The van der Waals surface area contributed by atoms with Crippen LogP contribution in [0.5, 0.6) is 0 Å². The summed E-state index contributed by atoms with van der Waals surface area (Å²) >= 11 is 1.67. The predicted octanol–water partition coefficient (Wildman–Crippen LogP) is 1.46. The smallest absolute Gasteiger partial charge is 0.185 e. The van der Waals surface area contributed by atoms with Crippen LogP contribution >= 0.6 is 11.3 Å². The third-order valence-corrected chi connectivity index (χ3v) is 3.91. The molecule has 0 aromatic carbocycles. The van der Waals surface area contributed by atoms with E-state index in [2.05, 4.69) is 17.2 Å². The number of hydrogen-bond acceptors (Lipinski definition) is 5. The average molecular weight is 243 g/mol. The van der Waals surface area contributed by atoms with Crippen molar-refractivity contribution in [2.24, 2.45) is 0 Å². The van der Waals surface area contributed by atoms with Crippen LogP contribution in [0, 0.1) is 0 Å². The van der Waals surface area contributed by atoms with Gasteiger partial charge in [0.1, 0.15) is 0 Å². The minimum absolute atomic E-state index is 0.156. The van der Waals surface area contributed by atoms with Crippen molar-refractivity contribution in [1.29, 1.82) is 0 Å². The molecule has 0 aliphatic rings. The molecular formula is C11H21N3OS. The zero-order valence-corrected chi connectivity index (χ0v) is 11.3. The SMILES string of the molecule is CCC(C)(CO)NCc1cnc(N(C)C)s1. The molecular weight excluding hydrogens is 222 g/mol.